The Hall–Kier alpha value is -2.99. The molecule has 1 aromatic heterocycles. The number of benzene rings is 2. The van der Waals surface area contributed by atoms with E-state index in [4.69, 9.17) is 9.47 Å². The van der Waals surface area contributed by atoms with Gasteiger partial charge in [0.05, 0.1) is 6.61 Å². The summed E-state index contributed by atoms with van der Waals surface area (Å²) in [6.45, 7) is 4.85. The van der Waals surface area contributed by atoms with Crippen LogP contribution < -0.4 is 15.4 Å². The largest absolute Gasteiger partial charge is 0.493 e. The fraction of sp³-hybridized carbons (Fsp3) is 0.375. The minimum absolute atomic E-state index is 0.641. The second-order valence-corrected chi connectivity index (χ2v) is 7.29. The van der Waals surface area contributed by atoms with Crippen LogP contribution >= 0.6 is 0 Å². The molecule has 0 fully saturated rings. The van der Waals surface area contributed by atoms with Gasteiger partial charge in [-0.25, -0.2) is 0 Å². The molecule has 0 unspecified atom stereocenters. The number of methoxy groups -OCH3 is 1. The third-order valence-electron chi connectivity index (χ3n) is 4.92. The highest BCUT2D eigenvalue weighted by molar-refractivity contribution is 5.81. The molecule has 2 aromatic carbocycles. The molecular weight excluding hydrogens is 376 g/mol. The summed E-state index contributed by atoms with van der Waals surface area (Å²) < 4.78 is 11.1. The maximum absolute atomic E-state index is 5.97. The summed E-state index contributed by atoms with van der Waals surface area (Å²) in [4.78, 5) is 7.80. The predicted octanol–water partition coefficient (Wildman–Crippen LogP) is 3.80. The number of guanidine groups is 1. The second kappa shape index (κ2) is 11.3. The van der Waals surface area contributed by atoms with Gasteiger partial charge in [0.1, 0.15) is 5.75 Å². The van der Waals surface area contributed by atoms with Crippen molar-refractivity contribution in [2.75, 3.05) is 33.9 Å². The molecule has 0 atom stereocenters. The molecule has 0 spiro atoms. The van der Waals surface area contributed by atoms with Gasteiger partial charge in [0.2, 0.25) is 0 Å². The molecule has 6 heteroatoms. The van der Waals surface area contributed by atoms with Crippen molar-refractivity contribution in [3.05, 3.63) is 65.4 Å². The van der Waals surface area contributed by atoms with E-state index in [0.29, 0.717) is 19.8 Å². The van der Waals surface area contributed by atoms with Gasteiger partial charge < -0.3 is 25.1 Å². The first-order valence-corrected chi connectivity index (χ1v) is 10.4. The minimum Gasteiger partial charge on any atom is -0.493 e. The number of nitrogens with one attached hydrogen (secondary N) is 3. The molecule has 0 radical (unpaired) electrons. The lowest BCUT2D eigenvalue weighted by molar-refractivity contribution is 0.172. The fourth-order valence-corrected chi connectivity index (χ4v) is 3.31. The number of aromatic nitrogens is 1. The summed E-state index contributed by atoms with van der Waals surface area (Å²) in [5.41, 5.74) is 4.68. The maximum Gasteiger partial charge on any atom is 0.191 e. The zero-order chi connectivity index (χ0) is 21.2. The number of aryl methyl sites for hydroxylation is 1. The normalized spacial score (nSPS) is 11.6. The molecule has 0 amide bonds. The van der Waals surface area contributed by atoms with E-state index in [-0.39, 0.29) is 0 Å². The highest BCUT2D eigenvalue weighted by Gasteiger charge is 2.07. The number of nitrogens with zero attached hydrogens (tertiary/aromatic N) is 1. The highest BCUT2D eigenvalue weighted by Crippen LogP contribution is 2.20. The van der Waals surface area contributed by atoms with Crippen molar-refractivity contribution in [3.63, 3.8) is 0 Å². The Morgan fingerprint density at radius 2 is 1.93 bits per heavy atom. The Morgan fingerprint density at radius 1 is 1.07 bits per heavy atom. The Morgan fingerprint density at radius 3 is 2.73 bits per heavy atom. The Labute approximate surface area is 178 Å². The standard InChI is InChI=1S/C24H32N4O2/c1-18-9-10-20(23(15-18)30-14-6-13-29-3)17-27-24(25-2)26-12-11-21-16-19-7-4-5-8-22(19)28-21/h4-5,7-10,15-16,28H,6,11-14,17H2,1-3H3,(H2,25,26,27). The van der Waals surface area contributed by atoms with Gasteiger partial charge in [0.15, 0.2) is 5.96 Å². The molecule has 3 rings (SSSR count). The van der Waals surface area contributed by atoms with Crippen LogP contribution in [0.5, 0.6) is 5.75 Å². The van der Waals surface area contributed by atoms with Crippen LogP contribution in [0.2, 0.25) is 0 Å². The zero-order valence-corrected chi connectivity index (χ0v) is 18.1. The molecule has 30 heavy (non-hydrogen) atoms. The fourth-order valence-electron chi connectivity index (χ4n) is 3.31. The second-order valence-electron chi connectivity index (χ2n) is 7.29. The van der Waals surface area contributed by atoms with E-state index in [1.165, 1.54) is 22.2 Å². The third kappa shape index (κ3) is 6.26. The van der Waals surface area contributed by atoms with E-state index in [1.54, 1.807) is 14.2 Å². The van der Waals surface area contributed by atoms with Gasteiger partial charge in [-0.15, -0.1) is 0 Å². The first-order chi connectivity index (χ1) is 14.7. The smallest absolute Gasteiger partial charge is 0.191 e. The van der Waals surface area contributed by atoms with Crippen molar-refractivity contribution in [2.45, 2.75) is 26.3 Å². The number of aromatic amines is 1. The van der Waals surface area contributed by atoms with Gasteiger partial charge in [-0.2, -0.15) is 0 Å². The molecule has 3 N–H and O–H groups in total. The van der Waals surface area contributed by atoms with Crippen LogP contribution in [0.4, 0.5) is 0 Å². The topological polar surface area (TPSA) is 70.7 Å². The van der Waals surface area contributed by atoms with E-state index < -0.39 is 0 Å². The summed E-state index contributed by atoms with van der Waals surface area (Å²) in [6.07, 6.45) is 1.77. The van der Waals surface area contributed by atoms with Crippen molar-refractivity contribution < 1.29 is 9.47 Å². The monoisotopic (exact) mass is 408 g/mol. The van der Waals surface area contributed by atoms with Gasteiger partial charge in [-0.1, -0.05) is 30.3 Å². The van der Waals surface area contributed by atoms with Gasteiger partial charge in [-0.3, -0.25) is 4.99 Å². The van der Waals surface area contributed by atoms with Crippen LogP contribution in [0, 0.1) is 6.92 Å². The molecule has 3 aromatic rings. The van der Waals surface area contributed by atoms with Gasteiger partial charge in [0.25, 0.3) is 0 Å². The Bertz CT molecular complexity index is 932. The molecular formula is C24H32N4O2. The summed E-state index contributed by atoms with van der Waals surface area (Å²) in [5.74, 6) is 1.68. The van der Waals surface area contributed by atoms with Crippen molar-refractivity contribution in [2.24, 2.45) is 4.99 Å². The zero-order valence-electron chi connectivity index (χ0n) is 18.1. The number of ether oxygens (including phenoxy) is 2. The van der Waals surface area contributed by atoms with Gasteiger partial charge in [0, 0.05) is 63.5 Å². The molecule has 0 aliphatic carbocycles. The lowest BCUT2D eigenvalue weighted by atomic mass is 10.1. The molecule has 0 aliphatic rings. The van der Waals surface area contributed by atoms with Crippen LogP contribution in [-0.4, -0.2) is 44.9 Å². The molecule has 6 nitrogen and oxygen atoms in total. The van der Waals surface area contributed by atoms with Crippen LogP contribution in [-0.2, 0) is 17.7 Å². The lowest BCUT2D eigenvalue weighted by Crippen LogP contribution is -2.38. The maximum atomic E-state index is 5.97. The summed E-state index contributed by atoms with van der Waals surface area (Å²) >= 11 is 0. The quantitative estimate of drug-likeness (QED) is 0.271. The van der Waals surface area contributed by atoms with E-state index >= 15 is 0 Å². The molecule has 160 valence electrons. The average molecular weight is 409 g/mol. The van der Waals surface area contributed by atoms with Crippen LogP contribution in [0.3, 0.4) is 0 Å². The number of para-hydroxylation sites is 1. The number of aliphatic imine (C=N–C) groups is 1. The first-order valence-electron chi connectivity index (χ1n) is 10.4. The predicted molar refractivity (Wildman–Crippen MR) is 123 cm³/mol. The van der Waals surface area contributed by atoms with Crippen molar-refractivity contribution in [1.29, 1.82) is 0 Å². The molecule has 0 bridgehead atoms. The van der Waals surface area contributed by atoms with Crippen LogP contribution in [0.1, 0.15) is 23.2 Å². The van der Waals surface area contributed by atoms with E-state index in [0.717, 1.165) is 36.7 Å². The van der Waals surface area contributed by atoms with Gasteiger partial charge in [-0.05, 0) is 36.1 Å². The molecule has 0 saturated carbocycles. The third-order valence-corrected chi connectivity index (χ3v) is 4.92. The van der Waals surface area contributed by atoms with Crippen molar-refractivity contribution >= 4 is 16.9 Å². The lowest BCUT2D eigenvalue weighted by Gasteiger charge is -2.15. The highest BCUT2D eigenvalue weighted by atomic mass is 16.5. The van der Waals surface area contributed by atoms with E-state index in [9.17, 15) is 0 Å². The van der Waals surface area contributed by atoms with Crippen molar-refractivity contribution in [1.82, 2.24) is 15.6 Å². The SMILES string of the molecule is CN=C(NCCc1cc2ccccc2[nH]1)NCc1ccc(C)cc1OCCCOC. The summed E-state index contributed by atoms with van der Waals surface area (Å²) in [5, 5.41) is 8.01. The molecule has 0 aliphatic heterocycles. The van der Waals surface area contributed by atoms with Gasteiger partial charge >= 0.3 is 0 Å². The minimum atomic E-state index is 0.641. The number of rotatable bonds is 10. The number of hydrogen-bond donors (Lipinski definition) is 3. The first kappa shape index (κ1) is 21.7. The number of fused-ring (bicyclic) bond motifs is 1. The Balaban J connectivity index is 1.50. The van der Waals surface area contributed by atoms with E-state index in [1.807, 2.05) is 6.07 Å². The van der Waals surface area contributed by atoms with Crippen LogP contribution in [0.15, 0.2) is 53.5 Å². The van der Waals surface area contributed by atoms with Crippen LogP contribution in [0.25, 0.3) is 10.9 Å². The summed E-state index contributed by atoms with van der Waals surface area (Å²) in [6, 6.07) is 16.8. The van der Waals surface area contributed by atoms with Crippen molar-refractivity contribution in [3.8, 4) is 5.75 Å². The molecule has 0 saturated heterocycles. The summed E-state index contributed by atoms with van der Waals surface area (Å²) in [7, 11) is 3.49. The molecule has 1 heterocycles. The Kier molecular flexibility index (Phi) is 8.15. The number of H-pyrrole nitrogens is 1. The number of hydrogen-bond acceptors (Lipinski definition) is 3. The average Bonchev–Trinajstić information content (AvgIpc) is 3.17. The van der Waals surface area contributed by atoms with E-state index in [2.05, 4.69) is 70.0 Å².